The van der Waals surface area contributed by atoms with Crippen LogP contribution in [-0.2, 0) is 38.2 Å². The number of fused-ring (bicyclic) bond motifs is 5. The van der Waals surface area contributed by atoms with E-state index in [1.165, 1.54) is 14.0 Å². The summed E-state index contributed by atoms with van der Waals surface area (Å²) in [6.07, 6.45) is 3.59. The molecule has 0 aromatic rings. The maximum Gasteiger partial charge on any atom is 0.313 e. The van der Waals surface area contributed by atoms with Gasteiger partial charge in [0.1, 0.15) is 23.5 Å². The van der Waals surface area contributed by atoms with Crippen LogP contribution in [0, 0.1) is 40.9 Å². The minimum Gasteiger partial charge on any atom is -0.469 e. The van der Waals surface area contributed by atoms with Crippen molar-refractivity contribution < 1.29 is 48.4 Å². The Morgan fingerprint density at radius 2 is 1.57 bits per heavy atom. The van der Waals surface area contributed by atoms with Gasteiger partial charge in [-0.2, -0.15) is 0 Å². The first-order chi connectivity index (χ1) is 24.6. The van der Waals surface area contributed by atoms with Gasteiger partial charge in [0.05, 0.1) is 35.9 Å². The summed E-state index contributed by atoms with van der Waals surface area (Å²) >= 11 is 0. The third kappa shape index (κ3) is 9.58. The van der Waals surface area contributed by atoms with Gasteiger partial charge >= 0.3 is 11.9 Å². The molecular formula is C43H66O10. The Morgan fingerprint density at radius 1 is 0.906 bits per heavy atom. The monoisotopic (exact) mass is 742 g/mol. The fourth-order valence-corrected chi connectivity index (χ4v) is 9.92. The van der Waals surface area contributed by atoms with Gasteiger partial charge in [0, 0.05) is 56.3 Å². The van der Waals surface area contributed by atoms with Gasteiger partial charge in [0.2, 0.25) is 0 Å². The molecule has 0 aromatic heterocycles. The number of carbonyl (C=O) groups excluding carboxylic acids is 5. The van der Waals surface area contributed by atoms with E-state index in [0.29, 0.717) is 43.3 Å². The Kier molecular flexibility index (Phi) is 13.8. The second-order valence-electron chi connectivity index (χ2n) is 18.1. The zero-order chi connectivity index (χ0) is 39.6. The average Bonchev–Trinajstić information content (AvgIpc) is 3.03. The molecule has 0 amide bonds. The lowest BCUT2D eigenvalue weighted by Crippen LogP contribution is -2.56. The van der Waals surface area contributed by atoms with Crippen LogP contribution in [0.5, 0.6) is 0 Å². The highest BCUT2D eigenvalue weighted by molar-refractivity contribution is 5.96. The summed E-state index contributed by atoms with van der Waals surface area (Å²) in [4.78, 5) is 70.5. The van der Waals surface area contributed by atoms with Gasteiger partial charge < -0.3 is 24.4 Å². The third-order valence-electron chi connectivity index (χ3n) is 13.0. The maximum atomic E-state index is 15.1. The lowest BCUT2D eigenvalue weighted by atomic mass is 9.54. The number of ketones is 3. The first kappa shape index (κ1) is 43.0. The van der Waals surface area contributed by atoms with Crippen LogP contribution in [0.3, 0.4) is 0 Å². The predicted octanol–water partition coefficient (Wildman–Crippen LogP) is 6.82. The Balaban J connectivity index is 2.01. The van der Waals surface area contributed by atoms with Crippen molar-refractivity contribution in [2.75, 3.05) is 7.11 Å². The van der Waals surface area contributed by atoms with Gasteiger partial charge in [-0.25, -0.2) is 0 Å². The molecule has 2 fully saturated rings. The van der Waals surface area contributed by atoms with Crippen LogP contribution in [0.15, 0.2) is 22.8 Å². The van der Waals surface area contributed by atoms with Crippen LogP contribution >= 0.6 is 0 Å². The van der Waals surface area contributed by atoms with Crippen LogP contribution in [0.2, 0.25) is 0 Å². The quantitative estimate of drug-likeness (QED) is 0.233. The van der Waals surface area contributed by atoms with Crippen LogP contribution in [-0.4, -0.2) is 76.1 Å². The molecule has 0 aromatic carbocycles. The molecule has 4 aliphatic rings. The highest BCUT2D eigenvalue weighted by atomic mass is 16.5. The number of rotatable bonds is 3. The van der Waals surface area contributed by atoms with Crippen LogP contribution < -0.4 is 0 Å². The fraction of sp³-hybridized carbons (Fsp3) is 0.791. The van der Waals surface area contributed by atoms with Gasteiger partial charge in [0.15, 0.2) is 0 Å². The van der Waals surface area contributed by atoms with E-state index in [2.05, 4.69) is 0 Å². The second-order valence-corrected chi connectivity index (χ2v) is 18.1. The highest BCUT2D eigenvalue weighted by Gasteiger charge is 2.59. The molecule has 10 heteroatoms. The van der Waals surface area contributed by atoms with Crippen molar-refractivity contribution in [2.45, 2.75) is 169 Å². The smallest absolute Gasteiger partial charge is 0.313 e. The molecule has 2 bridgehead atoms. The third-order valence-corrected chi connectivity index (χ3v) is 13.0. The van der Waals surface area contributed by atoms with Crippen LogP contribution in [0.1, 0.15) is 139 Å². The summed E-state index contributed by atoms with van der Waals surface area (Å²) in [6.45, 7) is 16.2. The molecular weight excluding hydrogens is 676 g/mol. The van der Waals surface area contributed by atoms with E-state index < -0.39 is 64.6 Å². The predicted molar refractivity (Wildman–Crippen MR) is 200 cm³/mol. The van der Waals surface area contributed by atoms with Gasteiger partial charge in [-0.1, -0.05) is 57.8 Å². The van der Waals surface area contributed by atoms with Gasteiger partial charge in [0.25, 0.3) is 0 Å². The largest absolute Gasteiger partial charge is 0.469 e. The number of Topliss-reactive ketones (excluding diaryl/α,β-unsaturated/α-hetero) is 3. The number of ether oxygens (including phenoxy) is 3. The summed E-state index contributed by atoms with van der Waals surface area (Å²) in [6, 6.07) is 0. The van der Waals surface area contributed by atoms with Gasteiger partial charge in [-0.15, -0.1) is 0 Å². The first-order valence-electron chi connectivity index (χ1n) is 19.9. The van der Waals surface area contributed by atoms with Crippen LogP contribution in [0.4, 0.5) is 0 Å². The lowest BCUT2D eigenvalue weighted by molar-refractivity contribution is -0.220. The molecule has 0 unspecified atom stereocenters. The Hall–Kier alpha value is -2.69. The molecule has 1 saturated heterocycles. The Bertz CT molecular complexity index is 1470. The van der Waals surface area contributed by atoms with E-state index in [0.717, 1.165) is 18.4 Å². The molecule has 298 valence electrons. The normalized spacial score (nSPS) is 40.8. The first-order valence-corrected chi connectivity index (χ1v) is 19.9. The molecule has 2 aliphatic carbocycles. The number of hydrogen-bond donors (Lipinski definition) is 2. The minimum absolute atomic E-state index is 0.00879. The molecule has 11 atom stereocenters. The maximum absolute atomic E-state index is 15.1. The zero-order valence-corrected chi connectivity index (χ0v) is 33.9. The van der Waals surface area contributed by atoms with Crippen molar-refractivity contribution in [3.05, 3.63) is 22.8 Å². The van der Waals surface area contributed by atoms with E-state index in [1.807, 2.05) is 47.6 Å². The number of methoxy groups -OCH3 is 1. The Labute approximate surface area is 316 Å². The number of carbonyl (C=O) groups is 5. The van der Waals surface area contributed by atoms with E-state index in [-0.39, 0.29) is 67.2 Å². The summed E-state index contributed by atoms with van der Waals surface area (Å²) in [5.74, 6) is -4.51. The highest BCUT2D eigenvalue weighted by Crippen LogP contribution is 2.55. The average molecular weight is 743 g/mol. The Morgan fingerprint density at radius 3 is 2.19 bits per heavy atom. The second kappa shape index (κ2) is 17.0. The summed E-state index contributed by atoms with van der Waals surface area (Å²) < 4.78 is 18.0. The summed E-state index contributed by atoms with van der Waals surface area (Å²) in [5, 5.41) is 23.4. The number of esters is 2. The molecule has 2 N–H and O–H groups in total. The minimum atomic E-state index is -1.59. The number of aliphatic hydroxyl groups is 2. The molecule has 0 radical (unpaired) electrons. The summed E-state index contributed by atoms with van der Waals surface area (Å²) in [5.41, 5.74) is -1.99. The van der Waals surface area contributed by atoms with Crippen molar-refractivity contribution in [1.82, 2.24) is 0 Å². The molecule has 53 heavy (non-hydrogen) atoms. The molecule has 2 heterocycles. The SMILES string of the molecule is COC(=O)[C@]12CC(=O)[C@H](C(C)C)CC(=O)[C@H](C)CCC[C@H](C)CC(=O)[C@H]1[C@H]1/C=C(\C)CC[C@@H]3O[C@H](CC[C@@]3(C)O)[C@@](C)(O)C[C@@H](OC(C)=O)C1=C(C)C2. The zero-order valence-electron chi connectivity index (χ0n) is 33.9. The topological polar surface area (TPSA) is 154 Å². The van der Waals surface area contributed by atoms with Gasteiger partial charge in [-0.05, 0) is 83.6 Å². The number of hydrogen-bond acceptors (Lipinski definition) is 10. The molecule has 0 spiro atoms. The van der Waals surface area contributed by atoms with E-state index in [1.54, 1.807) is 13.8 Å². The molecule has 10 nitrogen and oxygen atoms in total. The van der Waals surface area contributed by atoms with Crippen molar-refractivity contribution >= 4 is 29.3 Å². The molecule has 4 rings (SSSR count). The summed E-state index contributed by atoms with van der Waals surface area (Å²) in [7, 11) is 1.28. The van der Waals surface area contributed by atoms with E-state index >= 15 is 4.79 Å². The number of allylic oxidation sites excluding steroid dienone is 3. The van der Waals surface area contributed by atoms with Crippen molar-refractivity contribution in [3.8, 4) is 0 Å². The fourth-order valence-electron chi connectivity index (χ4n) is 9.92. The van der Waals surface area contributed by atoms with E-state index in [9.17, 15) is 29.4 Å². The molecule has 2 aliphatic heterocycles. The van der Waals surface area contributed by atoms with Crippen molar-refractivity contribution in [3.63, 3.8) is 0 Å². The van der Waals surface area contributed by atoms with Crippen LogP contribution in [0.25, 0.3) is 0 Å². The van der Waals surface area contributed by atoms with Gasteiger partial charge in [-0.3, -0.25) is 24.0 Å². The lowest BCUT2D eigenvalue weighted by Gasteiger charge is -2.50. The molecule has 1 saturated carbocycles. The van der Waals surface area contributed by atoms with Crippen molar-refractivity contribution in [2.24, 2.45) is 40.9 Å². The standard InChI is InChI=1S/C43H66O10/c1-24(2)30-20-32(45)27(5)13-11-12-25(3)19-33(46)39-31-18-26(4)14-15-36-41(8,49)17-16-37(53-36)42(9,50)23-35(52-29(7)44)38(31)28(6)21-43(39,22-34(30)47)40(48)51-10/h18,24-25,27,30-31,35-37,39,49-50H,11-17,19-23H2,1-10H3/b26-18+/t25-,27+,30-,31-,35+,36-,37+,39+,41+,42-,43+/m0/s1. The van der Waals surface area contributed by atoms with Crippen molar-refractivity contribution in [1.29, 1.82) is 0 Å². The van der Waals surface area contributed by atoms with E-state index in [4.69, 9.17) is 14.2 Å².